The summed E-state index contributed by atoms with van der Waals surface area (Å²) in [5, 5.41) is 7.63. The molecule has 0 saturated heterocycles. The van der Waals surface area contributed by atoms with E-state index in [1.54, 1.807) is 6.20 Å². The number of ether oxygens (including phenoxy) is 1. The number of aromatic nitrogens is 3. The van der Waals surface area contributed by atoms with Gasteiger partial charge in [0.1, 0.15) is 5.75 Å². The van der Waals surface area contributed by atoms with E-state index in [2.05, 4.69) is 22.3 Å². The number of aryl methyl sites for hydroxylation is 1. The molecule has 5 nitrogen and oxygen atoms in total. The fraction of sp³-hybridized carbons (Fsp3) is 0.467. The van der Waals surface area contributed by atoms with Crippen molar-refractivity contribution < 1.29 is 4.74 Å². The Kier molecular flexibility index (Phi) is 4.39. The summed E-state index contributed by atoms with van der Waals surface area (Å²) in [6, 6.07) is 2.09. The van der Waals surface area contributed by atoms with Crippen molar-refractivity contribution in [2.24, 2.45) is 7.05 Å². The fourth-order valence-corrected chi connectivity index (χ4v) is 2.23. The number of hydrogen-bond acceptors (Lipinski definition) is 4. The van der Waals surface area contributed by atoms with Gasteiger partial charge < -0.3 is 10.1 Å². The maximum Gasteiger partial charge on any atom is 0.138 e. The van der Waals surface area contributed by atoms with Crippen LogP contribution in [0.25, 0.3) is 0 Å². The molecule has 0 radical (unpaired) electrons. The van der Waals surface area contributed by atoms with Gasteiger partial charge in [0.15, 0.2) is 0 Å². The molecule has 0 fully saturated rings. The maximum atomic E-state index is 5.71. The first kappa shape index (κ1) is 14.5. The van der Waals surface area contributed by atoms with Crippen LogP contribution < -0.4 is 10.1 Å². The molecule has 2 rings (SSSR count). The van der Waals surface area contributed by atoms with Crippen LogP contribution in [0.5, 0.6) is 5.75 Å². The Morgan fingerprint density at radius 2 is 2.00 bits per heavy atom. The molecule has 0 saturated carbocycles. The molecule has 0 aliphatic carbocycles. The molecule has 0 spiro atoms. The molecular weight excluding hydrogens is 252 g/mol. The van der Waals surface area contributed by atoms with Gasteiger partial charge in [-0.05, 0) is 39.4 Å². The van der Waals surface area contributed by atoms with Gasteiger partial charge in [0.05, 0.1) is 24.5 Å². The summed E-state index contributed by atoms with van der Waals surface area (Å²) in [6.07, 6.45) is 5.64. The molecule has 1 unspecified atom stereocenters. The van der Waals surface area contributed by atoms with Crippen LogP contribution >= 0.6 is 0 Å². The first-order valence-corrected chi connectivity index (χ1v) is 6.80. The third-order valence-corrected chi connectivity index (χ3v) is 3.31. The van der Waals surface area contributed by atoms with E-state index in [0.717, 1.165) is 22.6 Å². The quantitative estimate of drug-likeness (QED) is 0.908. The molecule has 108 valence electrons. The second kappa shape index (κ2) is 6.05. The maximum absolute atomic E-state index is 5.71. The molecule has 2 heterocycles. The van der Waals surface area contributed by atoms with Crippen molar-refractivity contribution in [3.63, 3.8) is 0 Å². The molecule has 0 aliphatic heterocycles. The third-order valence-electron chi connectivity index (χ3n) is 3.31. The molecule has 2 aromatic heterocycles. The zero-order valence-corrected chi connectivity index (χ0v) is 12.7. The molecule has 2 aromatic rings. The standard InChI is InChI=1S/C15H22N4O/c1-10(2)20-13-6-12(7-17-8-13)15(16-4)14-9-18-19(5)11(14)3/h6-10,15-16H,1-5H3. The van der Waals surface area contributed by atoms with E-state index in [1.165, 1.54) is 0 Å². The Balaban J connectivity index is 2.34. The molecule has 0 aliphatic rings. The van der Waals surface area contributed by atoms with Gasteiger partial charge in [-0.15, -0.1) is 0 Å². The molecule has 5 heteroatoms. The van der Waals surface area contributed by atoms with Gasteiger partial charge in [0.25, 0.3) is 0 Å². The number of nitrogens with one attached hydrogen (secondary N) is 1. The van der Waals surface area contributed by atoms with Crippen LogP contribution in [0.15, 0.2) is 24.7 Å². The van der Waals surface area contributed by atoms with Crippen molar-refractivity contribution in [3.05, 3.63) is 41.5 Å². The van der Waals surface area contributed by atoms with Crippen molar-refractivity contribution in [3.8, 4) is 5.75 Å². The largest absolute Gasteiger partial charge is 0.489 e. The van der Waals surface area contributed by atoms with Gasteiger partial charge in [-0.2, -0.15) is 5.10 Å². The highest BCUT2D eigenvalue weighted by Gasteiger charge is 2.18. The van der Waals surface area contributed by atoms with Crippen molar-refractivity contribution in [1.29, 1.82) is 0 Å². The van der Waals surface area contributed by atoms with Crippen LogP contribution in [0.2, 0.25) is 0 Å². The van der Waals surface area contributed by atoms with E-state index >= 15 is 0 Å². The van der Waals surface area contributed by atoms with Crippen molar-refractivity contribution in [2.75, 3.05) is 7.05 Å². The number of pyridine rings is 1. The van der Waals surface area contributed by atoms with Gasteiger partial charge in [-0.25, -0.2) is 0 Å². The average molecular weight is 274 g/mol. The van der Waals surface area contributed by atoms with Crippen LogP contribution in [-0.4, -0.2) is 27.9 Å². The van der Waals surface area contributed by atoms with Gasteiger partial charge >= 0.3 is 0 Å². The molecule has 0 amide bonds. The fourth-order valence-electron chi connectivity index (χ4n) is 2.23. The smallest absolute Gasteiger partial charge is 0.138 e. The molecule has 20 heavy (non-hydrogen) atoms. The summed E-state index contributed by atoms with van der Waals surface area (Å²) in [6.45, 7) is 6.08. The normalized spacial score (nSPS) is 12.7. The number of hydrogen-bond donors (Lipinski definition) is 1. The van der Waals surface area contributed by atoms with E-state index in [9.17, 15) is 0 Å². The van der Waals surface area contributed by atoms with E-state index in [0.29, 0.717) is 0 Å². The van der Waals surface area contributed by atoms with Crippen LogP contribution in [0.4, 0.5) is 0 Å². The molecule has 0 bridgehead atoms. The lowest BCUT2D eigenvalue weighted by atomic mass is 10.0. The summed E-state index contributed by atoms with van der Waals surface area (Å²) >= 11 is 0. The summed E-state index contributed by atoms with van der Waals surface area (Å²) in [5.74, 6) is 0.791. The Bertz CT molecular complexity index is 577. The summed E-state index contributed by atoms with van der Waals surface area (Å²) in [7, 11) is 3.88. The molecule has 0 aromatic carbocycles. The van der Waals surface area contributed by atoms with Crippen molar-refractivity contribution in [2.45, 2.75) is 32.9 Å². The minimum Gasteiger partial charge on any atom is -0.489 e. The first-order chi connectivity index (χ1) is 9.52. The second-order valence-electron chi connectivity index (χ2n) is 5.15. The Labute approximate surface area is 120 Å². The van der Waals surface area contributed by atoms with Gasteiger partial charge in [0.2, 0.25) is 0 Å². The van der Waals surface area contributed by atoms with E-state index in [1.807, 2.05) is 51.1 Å². The van der Waals surface area contributed by atoms with Gasteiger partial charge in [-0.1, -0.05) is 0 Å². The monoisotopic (exact) mass is 274 g/mol. The highest BCUT2D eigenvalue weighted by atomic mass is 16.5. The Morgan fingerprint density at radius 1 is 1.25 bits per heavy atom. The summed E-state index contributed by atoms with van der Waals surface area (Å²) in [4.78, 5) is 4.28. The van der Waals surface area contributed by atoms with Crippen LogP contribution in [-0.2, 0) is 7.05 Å². The zero-order chi connectivity index (χ0) is 14.7. The topological polar surface area (TPSA) is 52.0 Å². The summed E-state index contributed by atoms with van der Waals surface area (Å²) in [5.41, 5.74) is 3.36. The predicted molar refractivity (Wildman–Crippen MR) is 78.8 cm³/mol. The van der Waals surface area contributed by atoms with Crippen LogP contribution in [0, 0.1) is 6.92 Å². The lowest BCUT2D eigenvalue weighted by molar-refractivity contribution is 0.241. The summed E-state index contributed by atoms with van der Waals surface area (Å²) < 4.78 is 7.59. The minimum atomic E-state index is 0.0620. The van der Waals surface area contributed by atoms with Gasteiger partial charge in [-0.3, -0.25) is 9.67 Å². The zero-order valence-electron chi connectivity index (χ0n) is 12.7. The van der Waals surface area contributed by atoms with E-state index in [4.69, 9.17) is 4.74 Å². The molecule has 1 atom stereocenters. The third kappa shape index (κ3) is 2.99. The number of nitrogens with zero attached hydrogens (tertiary/aromatic N) is 3. The van der Waals surface area contributed by atoms with E-state index in [-0.39, 0.29) is 12.1 Å². The highest BCUT2D eigenvalue weighted by Crippen LogP contribution is 2.26. The lowest BCUT2D eigenvalue weighted by Crippen LogP contribution is -2.19. The van der Waals surface area contributed by atoms with E-state index < -0.39 is 0 Å². The predicted octanol–water partition coefficient (Wildman–Crippen LogP) is 2.22. The van der Waals surface area contributed by atoms with Crippen molar-refractivity contribution in [1.82, 2.24) is 20.1 Å². The minimum absolute atomic E-state index is 0.0620. The Hall–Kier alpha value is -1.88. The second-order valence-corrected chi connectivity index (χ2v) is 5.15. The van der Waals surface area contributed by atoms with Gasteiger partial charge in [0, 0.05) is 24.5 Å². The lowest BCUT2D eigenvalue weighted by Gasteiger charge is -2.18. The van der Waals surface area contributed by atoms with Crippen LogP contribution in [0.1, 0.15) is 36.7 Å². The molecule has 1 N–H and O–H groups in total. The Morgan fingerprint density at radius 3 is 2.55 bits per heavy atom. The number of rotatable bonds is 5. The molecular formula is C15H22N4O. The van der Waals surface area contributed by atoms with Crippen molar-refractivity contribution >= 4 is 0 Å². The SMILES string of the molecule is CNC(c1cncc(OC(C)C)c1)c1cnn(C)c1C. The van der Waals surface area contributed by atoms with Crippen LogP contribution in [0.3, 0.4) is 0 Å². The first-order valence-electron chi connectivity index (χ1n) is 6.80. The average Bonchev–Trinajstić information content (AvgIpc) is 2.72. The highest BCUT2D eigenvalue weighted by molar-refractivity contribution is 5.35.